The molecule has 1 aliphatic heterocycles. The number of ether oxygens (including phenoxy) is 2. The molecular weight excluding hydrogens is 192 g/mol. The zero-order valence-electron chi connectivity index (χ0n) is 8.73. The number of fused-ring (bicyclic) bond motifs is 3. The molecule has 0 atom stereocenters. The van der Waals surface area contributed by atoms with Gasteiger partial charge in [-0.15, -0.1) is 0 Å². The highest BCUT2D eigenvalue weighted by atomic mass is 16.7. The van der Waals surface area contributed by atoms with Crippen LogP contribution in [-0.2, 0) is 0 Å². The van der Waals surface area contributed by atoms with Gasteiger partial charge in [-0.3, -0.25) is 4.68 Å². The van der Waals surface area contributed by atoms with Gasteiger partial charge in [0.05, 0.1) is 5.52 Å². The van der Waals surface area contributed by atoms with Gasteiger partial charge in [-0.1, -0.05) is 0 Å². The van der Waals surface area contributed by atoms with Gasteiger partial charge >= 0.3 is 0 Å². The SMILES string of the molecule is CN(C)n1ccc2c3c(ccc21)OCO3. The van der Waals surface area contributed by atoms with Crippen molar-refractivity contribution >= 4 is 10.9 Å². The summed E-state index contributed by atoms with van der Waals surface area (Å²) in [7, 11) is 4.01. The zero-order chi connectivity index (χ0) is 10.4. The summed E-state index contributed by atoms with van der Waals surface area (Å²) in [6, 6.07) is 6.04. The van der Waals surface area contributed by atoms with Crippen LogP contribution in [0.3, 0.4) is 0 Å². The van der Waals surface area contributed by atoms with E-state index in [1.807, 2.05) is 43.5 Å². The molecule has 0 spiro atoms. The number of aromatic nitrogens is 1. The minimum atomic E-state index is 0.321. The first-order chi connectivity index (χ1) is 7.27. The van der Waals surface area contributed by atoms with Crippen LogP contribution >= 0.6 is 0 Å². The van der Waals surface area contributed by atoms with Crippen LogP contribution in [0.25, 0.3) is 10.9 Å². The molecule has 0 unspecified atom stereocenters. The number of hydrogen-bond acceptors (Lipinski definition) is 3. The van der Waals surface area contributed by atoms with Crippen LogP contribution in [0.2, 0.25) is 0 Å². The molecule has 1 aromatic heterocycles. The van der Waals surface area contributed by atoms with Crippen LogP contribution in [0.1, 0.15) is 0 Å². The number of nitrogens with zero attached hydrogens (tertiary/aromatic N) is 2. The summed E-state index contributed by atoms with van der Waals surface area (Å²) in [5, 5.41) is 3.11. The highest BCUT2D eigenvalue weighted by Gasteiger charge is 2.18. The first-order valence-corrected chi connectivity index (χ1v) is 4.84. The summed E-state index contributed by atoms with van der Waals surface area (Å²) < 4.78 is 12.8. The molecule has 0 saturated heterocycles. The van der Waals surface area contributed by atoms with Crippen LogP contribution < -0.4 is 14.5 Å². The van der Waals surface area contributed by atoms with Crippen molar-refractivity contribution in [1.82, 2.24) is 4.68 Å². The fourth-order valence-electron chi connectivity index (χ4n) is 1.92. The summed E-state index contributed by atoms with van der Waals surface area (Å²) in [4.78, 5) is 0. The number of hydrogen-bond donors (Lipinski definition) is 0. The highest BCUT2D eigenvalue weighted by Crippen LogP contribution is 2.39. The second kappa shape index (κ2) is 2.82. The summed E-state index contributed by atoms with van der Waals surface area (Å²) >= 11 is 0. The van der Waals surface area contributed by atoms with Crippen LogP contribution in [0.15, 0.2) is 24.4 Å². The Morgan fingerprint density at radius 2 is 2.07 bits per heavy atom. The highest BCUT2D eigenvalue weighted by molar-refractivity contribution is 5.89. The Morgan fingerprint density at radius 3 is 2.87 bits per heavy atom. The van der Waals surface area contributed by atoms with E-state index in [4.69, 9.17) is 9.47 Å². The fraction of sp³-hybridized carbons (Fsp3) is 0.273. The van der Waals surface area contributed by atoms with Gasteiger partial charge in [0.1, 0.15) is 0 Å². The van der Waals surface area contributed by atoms with Gasteiger partial charge in [-0.25, -0.2) is 0 Å². The van der Waals surface area contributed by atoms with Gasteiger partial charge in [0, 0.05) is 25.7 Å². The molecule has 0 aliphatic carbocycles. The molecule has 3 rings (SSSR count). The van der Waals surface area contributed by atoms with E-state index in [1.54, 1.807) is 0 Å². The number of benzene rings is 1. The molecule has 0 fully saturated rings. The summed E-state index contributed by atoms with van der Waals surface area (Å²) in [5.41, 5.74) is 1.13. The van der Waals surface area contributed by atoms with Crippen LogP contribution in [0.5, 0.6) is 11.5 Å². The van der Waals surface area contributed by atoms with Crippen molar-refractivity contribution in [1.29, 1.82) is 0 Å². The molecule has 78 valence electrons. The predicted octanol–water partition coefficient (Wildman–Crippen LogP) is 1.57. The maximum atomic E-state index is 5.45. The van der Waals surface area contributed by atoms with Crippen LogP contribution in [0, 0.1) is 0 Å². The van der Waals surface area contributed by atoms with E-state index in [1.165, 1.54) is 0 Å². The maximum Gasteiger partial charge on any atom is 0.231 e. The third kappa shape index (κ3) is 1.08. The van der Waals surface area contributed by atoms with Gasteiger partial charge in [-0.2, -0.15) is 0 Å². The van der Waals surface area contributed by atoms with Crippen molar-refractivity contribution in [2.45, 2.75) is 0 Å². The molecule has 4 heteroatoms. The molecule has 0 amide bonds. The van der Waals surface area contributed by atoms with E-state index in [0.717, 1.165) is 22.4 Å². The lowest BCUT2D eigenvalue weighted by atomic mass is 10.2. The van der Waals surface area contributed by atoms with E-state index in [-0.39, 0.29) is 0 Å². The second-order valence-corrected chi connectivity index (χ2v) is 3.74. The van der Waals surface area contributed by atoms with Crippen molar-refractivity contribution in [3.8, 4) is 11.5 Å². The van der Waals surface area contributed by atoms with Crippen molar-refractivity contribution in [3.05, 3.63) is 24.4 Å². The lowest BCUT2D eigenvalue weighted by Gasteiger charge is -2.15. The van der Waals surface area contributed by atoms with Gasteiger partial charge in [-0.05, 0) is 18.2 Å². The van der Waals surface area contributed by atoms with Crippen molar-refractivity contribution in [2.75, 3.05) is 25.9 Å². The Balaban J connectivity index is 2.30. The summed E-state index contributed by atoms with van der Waals surface area (Å²) in [6.45, 7) is 0.321. The molecular formula is C11H12N2O2. The Kier molecular flexibility index (Phi) is 1.59. The van der Waals surface area contributed by atoms with Crippen molar-refractivity contribution in [2.24, 2.45) is 0 Å². The first-order valence-electron chi connectivity index (χ1n) is 4.84. The second-order valence-electron chi connectivity index (χ2n) is 3.74. The summed E-state index contributed by atoms with van der Waals surface area (Å²) in [5.74, 6) is 1.69. The maximum absolute atomic E-state index is 5.45. The fourth-order valence-corrected chi connectivity index (χ4v) is 1.92. The standard InChI is InChI=1S/C11H12N2O2/c1-12(2)13-6-5-8-9(13)3-4-10-11(8)15-7-14-10/h3-6H,7H2,1-2H3. The Labute approximate surface area is 87.6 Å². The monoisotopic (exact) mass is 204 g/mol. The average Bonchev–Trinajstić information content (AvgIpc) is 2.82. The lowest BCUT2D eigenvalue weighted by Crippen LogP contribution is -2.23. The first kappa shape index (κ1) is 8.47. The molecule has 1 aromatic carbocycles. The molecule has 0 radical (unpaired) electrons. The van der Waals surface area contributed by atoms with Crippen molar-refractivity contribution in [3.63, 3.8) is 0 Å². The van der Waals surface area contributed by atoms with E-state index in [2.05, 4.69) is 4.68 Å². The topological polar surface area (TPSA) is 26.6 Å². The molecule has 4 nitrogen and oxygen atoms in total. The smallest absolute Gasteiger partial charge is 0.231 e. The molecule has 1 aliphatic rings. The van der Waals surface area contributed by atoms with Gasteiger partial charge in [0.15, 0.2) is 11.5 Å². The predicted molar refractivity (Wildman–Crippen MR) is 58.1 cm³/mol. The minimum Gasteiger partial charge on any atom is -0.454 e. The molecule has 0 bridgehead atoms. The minimum absolute atomic E-state index is 0.321. The summed E-state index contributed by atoms with van der Waals surface area (Å²) in [6.07, 6.45) is 2.02. The quantitative estimate of drug-likeness (QED) is 0.705. The van der Waals surface area contributed by atoms with E-state index >= 15 is 0 Å². The normalized spacial score (nSPS) is 13.5. The number of rotatable bonds is 1. The van der Waals surface area contributed by atoms with Gasteiger partial charge in [0.25, 0.3) is 0 Å². The van der Waals surface area contributed by atoms with Crippen molar-refractivity contribution < 1.29 is 9.47 Å². The molecule has 2 aromatic rings. The third-order valence-electron chi connectivity index (χ3n) is 2.61. The van der Waals surface area contributed by atoms with Gasteiger partial charge in [0.2, 0.25) is 6.79 Å². The van der Waals surface area contributed by atoms with Crippen LogP contribution in [-0.4, -0.2) is 25.6 Å². The molecule has 0 N–H and O–H groups in total. The molecule has 15 heavy (non-hydrogen) atoms. The molecule has 2 heterocycles. The van der Waals surface area contributed by atoms with E-state index in [0.29, 0.717) is 6.79 Å². The Morgan fingerprint density at radius 1 is 1.20 bits per heavy atom. The van der Waals surface area contributed by atoms with E-state index in [9.17, 15) is 0 Å². The lowest BCUT2D eigenvalue weighted by molar-refractivity contribution is 0.175. The molecule has 0 saturated carbocycles. The largest absolute Gasteiger partial charge is 0.454 e. The average molecular weight is 204 g/mol. The Bertz CT molecular complexity index is 517. The van der Waals surface area contributed by atoms with E-state index < -0.39 is 0 Å². The zero-order valence-corrected chi connectivity index (χ0v) is 8.73. The van der Waals surface area contributed by atoms with Crippen LogP contribution in [0.4, 0.5) is 0 Å². The Hall–Kier alpha value is -1.84. The van der Waals surface area contributed by atoms with Gasteiger partial charge < -0.3 is 14.5 Å². The third-order valence-corrected chi connectivity index (χ3v) is 2.61.